The molecule has 0 atom stereocenters. The molecule has 2 N–H and O–H groups in total. The Bertz CT molecular complexity index is 991. The zero-order valence-electron chi connectivity index (χ0n) is 16.6. The number of carbonyl (C=O) groups excluding carboxylic acids is 1. The average Bonchev–Trinajstić information content (AvgIpc) is 2.75. The van der Waals surface area contributed by atoms with Crippen molar-refractivity contribution in [2.24, 2.45) is 0 Å². The molecule has 3 aromatic rings. The van der Waals surface area contributed by atoms with Crippen molar-refractivity contribution in [3.05, 3.63) is 66.4 Å². The third-order valence-electron chi connectivity index (χ3n) is 4.13. The molecule has 2 aromatic carbocycles. The van der Waals surface area contributed by atoms with Crippen molar-refractivity contribution in [2.75, 3.05) is 31.5 Å². The van der Waals surface area contributed by atoms with Gasteiger partial charge in [-0.3, -0.25) is 4.79 Å². The second-order valence-corrected chi connectivity index (χ2v) is 6.00. The maximum Gasteiger partial charge on any atom is 0.255 e. The van der Waals surface area contributed by atoms with Crippen molar-refractivity contribution >= 4 is 23.1 Å². The summed E-state index contributed by atoms with van der Waals surface area (Å²) in [5.41, 5.74) is 1.74. The summed E-state index contributed by atoms with van der Waals surface area (Å²) in [4.78, 5) is 17.1. The van der Waals surface area contributed by atoms with E-state index >= 15 is 0 Å². The number of amides is 1. The van der Waals surface area contributed by atoms with Gasteiger partial charge in [-0.2, -0.15) is 0 Å². The van der Waals surface area contributed by atoms with E-state index < -0.39 is 0 Å². The van der Waals surface area contributed by atoms with Crippen molar-refractivity contribution in [1.82, 2.24) is 4.98 Å². The fraction of sp³-hybridized carbons (Fsp3) is 0.182. The number of benzene rings is 2. The van der Waals surface area contributed by atoms with Crippen LogP contribution in [0.25, 0.3) is 0 Å². The van der Waals surface area contributed by atoms with Crippen LogP contribution in [0.2, 0.25) is 0 Å². The zero-order valence-corrected chi connectivity index (χ0v) is 16.6. The molecule has 0 radical (unpaired) electrons. The highest BCUT2D eigenvalue weighted by molar-refractivity contribution is 6.05. The van der Waals surface area contributed by atoms with E-state index in [1.165, 1.54) is 0 Å². The van der Waals surface area contributed by atoms with Crippen molar-refractivity contribution in [2.45, 2.75) is 6.92 Å². The Balaban J connectivity index is 1.80. The molecule has 7 heteroatoms. The summed E-state index contributed by atoms with van der Waals surface area (Å²) in [6, 6.07) is 16.1. The van der Waals surface area contributed by atoms with Crippen LogP contribution in [0.3, 0.4) is 0 Å². The molecule has 7 nitrogen and oxygen atoms in total. The van der Waals surface area contributed by atoms with Gasteiger partial charge >= 0.3 is 0 Å². The zero-order chi connectivity index (χ0) is 20.6. The molecule has 0 unspecified atom stereocenters. The molecule has 0 saturated carbocycles. The second-order valence-electron chi connectivity index (χ2n) is 6.00. The summed E-state index contributed by atoms with van der Waals surface area (Å²) in [6.07, 6.45) is 1.57. The van der Waals surface area contributed by atoms with Gasteiger partial charge in [0.25, 0.3) is 5.91 Å². The van der Waals surface area contributed by atoms with Crippen molar-refractivity contribution in [1.29, 1.82) is 0 Å². The topological polar surface area (TPSA) is 81.7 Å². The normalized spacial score (nSPS) is 10.2. The maximum atomic E-state index is 12.8. The van der Waals surface area contributed by atoms with Crippen LogP contribution in [-0.4, -0.2) is 31.7 Å². The summed E-state index contributed by atoms with van der Waals surface area (Å²) in [6.45, 7) is 2.48. The smallest absolute Gasteiger partial charge is 0.255 e. The van der Waals surface area contributed by atoms with Gasteiger partial charge in [-0.05, 0) is 43.3 Å². The molecule has 0 bridgehead atoms. The summed E-state index contributed by atoms with van der Waals surface area (Å²) < 4.78 is 16.1. The van der Waals surface area contributed by atoms with E-state index in [2.05, 4.69) is 15.6 Å². The van der Waals surface area contributed by atoms with Crippen LogP contribution in [-0.2, 0) is 0 Å². The predicted molar refractivity (Wildman–Crippen MR) is 113 cm³/mol. The van der Waals surface area contributed by atoms with E-state index in [1.54, 1.807) is 50.7 Å². The Kier molecular flexibility index (Phi) is 6.52. The highest BCUT2D eigenvalue weighted by Gasteiger charge is 2.12. The highest BCUT2D eigenvalue weighted by atomic mass is 16.5. The third kappa shape index (κ3) is 4.95. The van der Waals surface area contributed by atoms with Crippen LogP contribution in [0, 0.1) is 0 Å². The van der Waals surface area contributed by atoms with Gasteiger partial charge in [0.2, 0.25) is 0 Å². The average molecular weight is 393 g/mol. The van der Waals surface area contributed by atoms with Crippen molar-refractivity contribution in [3.63, 3.8) is 0 Å². The first-order valence-corrected chi connectivity index (χ1v) is 9.13. The molecule has 3 rings (SSSR count). The Morgan fingerprint density at radius 3 is 2.55 bits per heavy atom. The van der Waals surface area contributed by atoms with Gasteiger partial charge in [0.1, 0.15) is 23.1 Å². The minimum Gasteiger partial charge on any atom is -0.497 e. The van der Waals surface area contributed by atoms with Crippen LogP contribution in [0.1, 0.15) is 17.3 Å². The number of aromatic nitrogens is 1. The van der Waals surface area contributed by atoms with Crippen LogP contribution in [0.15, 0.2) is 60.8 Å². The molecule has 0 aliphatic rings. The first-order valence-electron chi connectivity index (χ1n) is 9.13. The lowest BCUT2D eigenvalue weighted by atomic mass is 10.2. The lowest BCUT2D eigenvalue weighted by Gasteiger charge is -2.13. The molecule has 0 saturated heterocycles. The van der Waals surface area contributed by atoms with Gasteiger partial charge in [-0.25, -0.2) is 4.98 Å². The number of nitrogens with one attached hydrogen (secondary N) is 2. The number of nitrogens with zero attached hydrogens (tertiary/aromatic N) is 1. The molecular formula is C22H23N3O4. The van der Waals surface area contributed by atoms with Crippen molar-refractivity contribution in [3.8, 4) is 17.2 Å². The van der Waals surface area contributed by atoms with Crippen LogP contribution in [0.4, 0.5) is 17.2 Å². The number of ether oxygens (including phenoxy) is 3. The number of hydrogen-bond donors (Lipinski definition) is 2. The molecule has 150 valence electrons. The van der Waals surface area contributed by atoms with Gasteiger partial charge in [0, 0.05) is 17.8 Å². The number of pyridine rings is 1. The minimum atomic E-state index is -0.292. The van der Waals surface area contributed by atoms with Gasteiger partial charge in [0.15, 0.2) is 0 Å². The summed E-state index contributed by atoms with van der Waals surface area (Å²) in [7, 11) is 3.11. The minimum absolute atomic E-state index is 0.292. The monoisotopic (exact) mass is 393 g/mol. The molecule has 0 fully saturated rings. The third-order valence-corrected chi connectivity index (χ3v) is 4.13. The van der Waals surface area contributed by atoms with E-state index in [1.807, 2.05) is 31.2 Å². The predicted octanol–water partition coefficient (Wildman–Crippen LogP) is 4.49. The summed E-state index contributed by atoms with van der Waals surface area (Å²) in [5, 5.41) is 6.05. The Morgan fingerprint density at radius 2 is 1.79 bits per heavy atom. The number of hydrogen-bond acceptors (Lipinski definition) is 6. The standard InChI is InChI=1S/C22H23N3O4/c1-4-29-20-8-6-5-7-17(20)24-21-13-15(11-12-23-21)22(26)25-18-14-16(27-2)9-10-19(18)28-3/h5-14H,4H2,1-3H3,(H,23,24)(H,25,26). The van der Waals surface area contributed by atoms with Crippen LogP contribution in [0.5, 0.6) is 17.2 Å². The lowest BCUT2D eigenvalue weighted by Crippen LogP contribution is -2.13. The number of methoxy groups -OCH3 is 2. The van der Waals surface area contributed by atoms with E-state index in [9.17, 15) is 4.79 Å². The molecule has 1 heterocycles. The SMILES string of the molecule is CCOc1ccccc1Nc1cc(C(=O)Nc2cc(OC)ccc2OC)ccn1. The van der Waals surface area contributed by atoms with E-state index in [0.717, 1.165) is 5.69 Å². The lowest BCUT2D eigenvalue weighted by molar-refractivity contribution is 0.102. The fourth-order valence-electron chi connectivity index (χ4n) is 2.74. The summed E-state index contributed by atoms with van der Waals surface area (Å²) >= 11 is 0. The number of rotatable bonds is 8. The number of anilines is 3. The molecule has 0 spiro atoms. The van der Waals surface area contributed by atoms with Crippen LogP contribution >= 0.6 is 0 Å². The highest BCUT2D eigenvalue weighted by Crippen LogP contribution is 2.30. The van der Waals surface area contributed by atoms with Crippen molar-refractivity contribution < 1.29 is 19.0 Å². The second kappa shape index (κ2) is 9.45. The molecule has 29 heavy (non-hydrogen) atoms. The van der Waals surface area contributed by atoms with E-state index in [0.29, 0.717) is 40.9 Å². The molecule has 1 amide bonds. The Labute approximate surface area is 169 Å². The largest absolute Gasteiger partial charge is 0.497 e. The molecule has 0 aliphatic carbocycles. The van der Waals surface area contributed by atoms with E-state index in [-0.39, 0.29) is 5.91 Å². The Morgan fingerprint density at radius 1 is 0.966 bits per heavy atom. The number of carbonyl (C=O) groups is 1. The first kappa shape index (κ1) is 20.0. The van der Waals surface area contributed by atoms with Gasteiger partial charge in [0.05, 0.1) is 32.2 Å². The van der Waals surface area contributed by atoms with E-state index in [4.69, 9.17) is 14.2 Å². The quantitative estimate of drug-likeness (QED) is 0.587. The molecular weight excluding hydrogens is 370 g/mol. The van der Waals surface area contributed by atoms with Gasteiger partial charge in [-0.1, -0.05) is 12.1 Å². The maximum absolute atomic E-state index is 12.8. The summed E-state index contributed by atoms with van der Waals surface area (Å²) in [5.74, 6) is 2.11. The fourth-order valence-corrected chi connectivity index (χ4v) is 2.74. The van der Waals surface area contributed by atoms with Crippen LogP contribution < -0.4 is 24.8 Å². The first-order chi connectivity index (χ1) is 14.1. The Hall–Kier alpha value is -3.74. The number of para-hydroxylation sites is 2. The van der Waals surface area contributed by atoms with Gasteiger partial charge < -0.3 is 24.8 Å². The van der Waals surface area contributed by atoms with Gasteiger partial charge in [-0.15, -0.1) is 0 Å². The molecule has 1 aromatic heterocycles. The molecule has 0 aliphatic heterocycles.